The van der Waals surface area contributed by atoms with E-state index in [4.69, 9.17) is 9.15 Å². The topological polar surface area (TPSA) is 59.8 Å². The van der Waals surface area contributed by atoms with Crippen molar-refractivity contribution in [2.24, 2.45) is 0 Å². The Hall–Kier alpha value is -1.78. The molecule has 1 aromatic rings. The maximum absolute atomic E-state index is 12.0. The molecule has 0 fully saturated rings. The average molecular weight is 267 g/mol. The lowest BCUT2D eigenvalue weighted by atomic mass is 10.2. The molecule has 0 saturated heterocycles. The Kier molecular flexibility index (Phi) is 6.71. The van der Waals surface area contributed by atoms with Crippen molar-refractivity contribution >= 4 is 11.9 Å². The average Bonchev–Trinajstić information content (AvgIpc) is 2.88. The summed E-state index contributed by atoms with van der Waals surface area (Å²) >= 11 is 0. The smallest absolute Gasteiger partial charge is 0.307 e. The van der Waals surface area contributed by atoms with Crippen molar-refractivity contribution in [3.63, 3.8) is 0 Å². The van der Waals surface area contributed by atoms with Crippen LogP contribution < -0.4 is 0 Å². The minimum Gasteiger partial charge on any atom is -0.467 e. The van der Waals surface area contributed by atoms with Crippen molar-refractivity contribution in [2.75, 3.05) is 13.2 Å². The molecule has 1 rings (SSSR count). The number of ether oxygens (including phenoxy) is 1. The van der Waals surface area contributed by atoms with Gasteiger partial charge in [0.1, 0.15) is 5.76 Å². The number of hydrogen-bond donors (Lipinski definition) is 0. The molecule has 1 amide bonds. The zero-order chi connectivity index (χ0) is 14.1. The molecule has 5 nitrogen and oxygen atoms in total. The van der Waals surface area contributed by atoms with E-state index in [-0.39, 0.29) is 18.3 Å². The van der Waals surface area contributed by atoms with Crippen molar-refractivity contribution in [3.05, 3.63) is 24.2 Å². The number of hydrogen-bond acceptors (Lipinski definition) is 4. The summed E-state index contributed by atoms with van der Waals surface area (Å²) in [6.07, 6.45) is 3.05. The molecular formula is C14H21NO4. The van der Waals surface area contributed by atoms with Crippen LogP contribution in [0.25, 0.3) is 0 Å². The summed E-state index contributed by atoms with van der Waals surface area (Å²) in [7, 11) is 0. The third-order valence-electron chi connectivity index (χ3n) is 2.63. The highest BCUT2D eigenvalue weighted by Crippen LogP contribution is 2.09. The van der Waals surface area contributed by atoms with E-state index in [1.807, 2.05) is 13.0 Å². The zero-order valence-corrected chi connectivity index (χ0v) is 11.6. The van der Waals surface area contributed by atoms with E-state index in [0.717, 1.165) is 6.42 Å². The standard InChI is InChI=1S/C14H21NO4/c1-3-6-13(16)15(9-8-14(17)18-4-2)11-12-7-5-10-19-12/h5,7,10H,3-4,6,8-9,11H2,1-2H3. The van der Waals surface area contributed by atoms with Crippen molar-refractivity contribution < 1.29 is 18.7 Å². The molecule has 0 radical (unpaired) electrons. The summed E-state index contributed by atoms with van der Waals surface area (Å²) in [6.45, 7) is 4.83. The minimum atomic E-state index is -0.281. The van der Waals surface area contributed by atoms with Crippen LogP contribution in [-0.4, -0.2) is 29.9 Å². The highest BCUT2D eigenvalue weighted by molar-refractivity contribution is 5.77. The number of furan rings is 1. The van der Waals surface area contributed by atoms with E-state index in [9.17, 15) is 9.59 Å². The van der Waals surface area contributed by atoms with Gasteiger partial charge in [0.2, 0.25) is 5.91 Å². The van der Waals surface area contributed by atoms with Gasteiger partial charge < -0.3 is 14.1 Å². The molecule has 0 aromatic carbocycles. The third kappa shape index (κ3) is 5.59. The summed E-state index contributed by atoms with van der Waals surface area (Å²) < 4.78 is 10.1. The van der Waals surface area contributed by atoms with Gasteiger partial charge in [-0.15, -0.1) is 0 Å². The van der Waals surface area contributed by atoms with Crippen LogP contribution in [-0.2, 0) is 20.9 Å². The molecule has 0 bridgehead atoms. The van der Waals surface area contributed by atoms with Crippen molar-refractivity contribution in [3.8, 4) is 0 Å². The van der Waals surface area contributed by atoms with Gasteiger partial charge in [-0.25, -0.2) is 0 Å². The van der Waals surface area contributed by atoms with Crippen molar-refractivity contribution in [1.29, 1.82) is 0 Å². The molecule has 1 heterocycles. The highest BCUT2D eigenvalue weighted by Gasteiger charge is 2.16. The van der Waals surface area contributed by atoms with Crippen LogP contribution in [0.2, 0.25) is 0 Å². The minimum absolute atomic E-state index is 0.0307. The monoisotopic (exact) mass is 267 g/mol. The van der Waals surface area contributed by atoms with E-state index >= 15 is 0 Å². The largest absolute Gasteiger partial charge is 0.467 e. The van der Waals surface area contributed by atoms with E-state index in [1.54, 1.807) is 24.2 Å². The maximum atomic E-state index is 12.0. The van der Waals surface area contributed by atoms with Crippen LogP contribution in [0.3, 0.4) is 0 Å². The summed E-state index contributed by atoms with van der Waals surface area (Å²) in [4.78, 5) is 25.0. The first-order valence-corrected chi connectivity index (χ1v) is 6.63. The van der Waals surface area contributed by atoms with Crippen LogP contribution in [0, 0.1) is 0 Å². The summed E-state index contributed by atoms with van der Waals surface area (Å²) in [5.74, 6) is 0.466. The second kappa shape index (κ2) is 8.34. The van der Waals surface area contributed by atoms with Crippen molar-refractivity contribution in [1.82, 2.24) is 4.90 Å². The number of esters is 1. The SMILES string of the molecule is CCCC(=O)N(CCC(=O)OCC)Cc1ccco1. The zero-order valence-electron chi connectivity index (χ0n) is 11.6. The molecule has 0 aliphatic heterocycles. The van der Waals surface area contributed by atoms with Crippen LogP contribution >= 0.6 is 0 Å². The maximum Gasteiger partial charge on any atom is 0.307 e. The first-order chi connectivity index (χ1) is 9.17. The van der Waals surface area contributed by atoms with Gasteiger partial charge in [-0.1, -0.05) is 6.92 Å². The van der Waals surface area contributed by atoms with Crippen LogP contribution in [0.4, 0.5) is 0 Å². The predicted molar refractivity (Wildman–Crippen MR) is 70.3 cm³/mol. The molecule has 1 aromatic heterocycles. The van der Waals surface area contributed by atoms with Gasteiger partial charge in [0, 0.05) is 13.0 Å². The summed E-state index contributed by atoms with van der Waals surface area (Å²) in [5.41, 5.74) is 0. The number of nitrogens with zero attached hydrogens (tertiary/aromatic N) is 1. The summed E-state index contributed by atoms with van der Waals surface area (Å²) in [6, 6.07) is 3.60. The van der Waals surface area contributed by atoms with Gasteiger partial charge >= 0.3 is 5.97 Å². The molecule has 0 atom stereocenters. The Morgan fingerprint density at radius 3 is 2.68 bits per heavy atom. The first-order valence-electron chi connectivity index (χ1n) is 6.63. The fraction of sp³-hybridized carbons (Fsp3) is 0.571. The second-order valence-corrected chi connectivity index (χ2v) is 4.20. The fourth-order valence-corrected chi connectivity index (χ4v) is 1.71. The Labute approximate surface area is 113 Å². The Bertz CT molecular complexity index is 386. The van der Waals surface area contributed by atoms with Gasteiger partial charge in [0.05, 0.1) is 25.8 Å². The van der Waals surface area contributed by atoms with Crippen molar-refractivity contribution in [2.45, 2.75) is 39.7 Å². The molecule has 5 heteroatoms. The lowest BCUT2D eigenvalue weighted by Gasteiger charge is -2.21. The van der Waals surface area contributed by atoms with Gasteiger partial charge in [0.15, 0.2) is 0 Å². The molecule has 0 N–H and O–H groups in total. The molecule has 0 aliphatic carbocycles. The van der Waals surface area contributed by atoms with E-state index in [2.05, 4.69) is 0 Å². The number of rotatable bonds is 8. The Morgan fingerprint density at radius 2 is 2.11 bits per heavy atom. The van der Waals surface area contributed by atoms with E-state index in [1.165, 1.54) is 0 Å². The molecule has 0 spiro atoms. The first kappa shape index (κ1) is 15.3. The second-order valence-electron chi connectivity index (χ2n) is 4.20. The molecule has 106 valence electrons. The lowest BCUT2D eigenvalue weighted by molar-refractivity contribution is -0.144. The fourth-order valence-electron chi connectivity index (χ4n) is 1.71. The van der Waals surface area contributed by atoms with Crippen LogP contribution in [0.1, 0.15) is 38.9 Å². The molecular weight excluding hydrogens is 246 g/mol. The summed E-state index contributed by atoms with van der Waals surface area (Å²) in [5, 5.41) is 0. The van der Waals surface area contributed by atoms with Gasteiger partial charge in [-0.3, -0.25) is 9.59 Å². The quantitative estimate of drug-likeness (QED) is 0.678. The van der Waals surface area contributed by atoms with Gasteiger partial charge in [-0.2, -0.15) is 0 Å². The predicted octanol–water partition coefficient (Wildman–Crippen LogP) is 2.36. The Morgan fingerprint density at radius 1 is 1.32 bits per heavy atom. The number of carbonyl (C=O) groups excluding carboxylic acids is 2. The lowest BCUT2D eigenvalue weighted by Crippen LogP contribution is -2.32. The van der Waals surface area contributed by atoms with Crippen LogP contribution in [0.5, 0.6) is 0 Å². The van der Waals surface area contributed by atoms with E-state index < -0.39 is 0 Å². The highest BCUT2D eigenvalue weighted by atomic mass is 16.5. The molecule has 0 aliphatic rings. The molecule has 0 saturated carbocycles. The number of carbonyl (C=O) groups is 2. The molecule has 19 heavy (non-hydrogen) atoms. The third-order valence-corrected chi connectivity index (χ3v) is 2.63. The van der Waals surface area contributed by atoms with Gasteiger partial charge in [0.25, 0.3) is 0 Å². The van der Waals surface area contributed by atoms with Gasteiger partial charge in [-0.05, 0) is 25.5 Å². The van der Waals surface area contributed by atoms with E-state index in [0.29, 0.717) is 31.9 Å². The Balaban J connectivity index is 2.54. The molecule has 0 unspecified atom stereocenters. The normalized spacial score (nSPS) is 10.2. The van der Waals surface area contributed by atoms with Crippen LogP contribution in [0.15, 0.2) is 22.8 Å². The number of amides is 1.